The van der Waals surface area contributed by atoms with E-state index in [0.29, 0.717) is 10.9 Å². The van der Waals surface area contributed by atoms with Gasteiger partial charge in [0.25, 0.3) is 0 Å². The summed E-state index contributed by atoms with van der Waals surface area (Å²) in [7, 11) is -1.35. The van der Waals surface area contributed by atoms with Crippen LogP contribution in [0.2, 0.25) is 0 Å². The van der Waals surface area contributed by atoms with Crippen molar-refractivity contribution in [3.8, 4) is 0 Å². The van der Waals surface area contributed by atoms with E-state index in [0.717, 1.165) is 18.5 Å². The molecule has 0 saturated carbocycles. The standard InChI is InChI=1S/C15H20FN3OS/c1-3-14(4-2)19-6-5-13(18-19)10-21(20)15-8-11(16)7-12(17)9-15/h5-9,14H,3-4,10,17H2,1-2H3. The minimum Gasteiger partial charge on any atom is -0.399 e. The van der Waals surface area contributed by atoms with E-state index in [2.05, 4.69) is 18.9 Å². The van der Waals surface area contributed by atoms with Crippen molar-refractivity contribution >= 4 is 16.5 Å². The molecule has 0 aliphatic heterocycles. The highest BCUT2D eigenvalue weighted by atomic mass is 32.2. The van der Waals surface area contributed by atoms with Crippen molar-refractivity contribution in [3.63, 3.8) is 0 Å². The second kappa shape index (κ2) is 6.85. The predicted molar refractivity (Wildman–Crippen MR) is 82.8 cm³/mol. The molecule has 0 bridgehead atoms. The first-order valence-electron chi connectivity index (χ1n) is 7.02. The first-order valence-corrected chi connectivity index (χ1v) is 8.33. The molecule has 0 radical (unpaired) electrons. The van der Waals surface area contributed by atoms with Crippen molar-refractivity contribution in [3.05, 3.63) is 42.0 Å². The molecule has 0 aliphatic carbocycles. The third-order valence-corrected chi connectivity index (χ3v) is 4.74. The van der Waals surface area contributed by atoms with Gasteiger partial charge in [0, 0.05) is 16.8 Å². The number of nitrogen functional groups attached to an aromatic ring is 1. The topological polar surface area (TPSA) is 60.9 Å². The SMILES string of the molecule is CCC(CC)n1ccc(CS(=O)c2cc(N)cc(F)c2)n1. The lowest BCUT2D eigenvalue weighted by atomic mass is 10.2. The number of benzene rings is 1. The Labute approximate surface area is 126 Å². The van der Waals surface area contributed by atoms with Crippen LogP contribution in [0.25, 0.3) is 0 Å². The fraction of sp³-hybridized carbons (Fsp3) is 0.400. The molecule has 0 amide bonds. The van der Waals surface area contributed by atoms with E-state index in [-0.39, 0.29) is 11.4 Å². The number of halogens is 1. The third kappa shape index (κ3) is 3.91. The zero-order valence-corrected chi connectivity index (χ0v) is 13.1. The molecule has 1 aromatic carbocycles. The molecule has 1 heterocycles. The minimum absolute atomic E-state index is 0.260. The fourth-order valence-corrected chi connectivity index (χ4v) is 3.35. The monoisotopic (exact) mass is 309 g/mol. The second-order valence-electron chi connectivity index (χ2n) is 4.97. The van der Waals surface area contributed by atoms with Gasteiger partial charge in [0.15, 0.2) is 0 Å². The average molecular weight is 309 g/mol. The number of nitrogens with zero attached hydrogens (tertiary/aromatic N) is 2. The van der Waals surface area contributed by atoms with Crippen LogP contribution < -0.4 is 5.73 Å². The number of aromatic nitrogens is 2. The highest BCUT2D eigenvalue weighted by Gasteiger charge is 2.12. The maximum atomic E-state index is 13.3. The van der Waals surface area contributed by atoms with Crippen LogP contribution in [0.1, 0.15) is 38.4 Å². The Balaban J connectivity index is 2.12. The quantitative estimate of drug-likeness (QED) is 0.833. The van der Waals surface area contributed by atoms with E-state index >= 15 is 0 Å². The van der Waals surface area contributed by atoms with Gasteiger partial charge in [-0.3, -0.25) is 8.89 Å². The molecule has 0 fully saturated rings. The van der Waals surface area contributed by atoms with Crippen LogP contribution in [0.4, 0.5) is 10.1 Å². The van der Waals surface area contributed by atoms with Crippen LogP contribution in [0.3, 0.4) is 0 Å². The molecule has 0 aliphatic rings. The van der Waals surface area contributed by atoms with Gasteiger partial charge in [0.05, 0.1) is 28.3 Å². The number of rotatable bonds is 6. The average Bonchev–Trinajstić information content (AvgIpc) is 2.87. The van der Waals surface area contributed by atoms with Crippen molar-refractivity contribution in [2.45, 2.75) is 43.4 Å². The van der Waals surface area contributed by atoms with Gasteiger partial charge in [-0.1, -0.05) is 13.8 Å². The lowest BCUT2D eigenvalue weighted by Crippen LogP contribution is -2.08. The Kier molecular flexibility index (Phi) is 5.12. The number of hydrogen-bond donors (Lipinski definition) is 1. The largest absolute Gasteiger partial charge is 0.399 e. The highest BCUT2D eigenvalue weighted by molar-refractivity contribution is 7.84. The first-order chi connectivity index (χ1) is 10.0. The summed E-state index contributed by atoms with van der Waals surface area (Å²) in [5.41, 5.74) is 6.59. The molecule has 1 atom stereocenters. The van der Waals surface area contributed by atoms with E-state index in [4.69, 9.17) is 5.73 Å². The van der Waals surface area contributed by atoms with Crippen LogP contribution in [-0.4, -0.2) is 14.0 Å². The summed E-state index contributed by atoms with van der Waals surface area (Å²) in [6, 6.07) is 6.22. The molecule has 2 aromatic rings. The zero-order chi connectivity index (χ0) is 15.4. The van der Waals surface area contributed by atoms with E-state index in [1.807, 2.05) is 16.9 Å². The van der Waals surface area contributed by atoms with Gasteiger partial charge in [0.2, 0.25) is 0 Å². The van der Waals surface area contributed by atoms with Gasteiger partial charge >= 0.3 is 0 Å². The van der Waals surface area contributed by atoms with E-state index < -0.39 is 16.6 Å². The molecular formula is C15H20FN3OS. The Hall–Kier alpha value is -1.69. The Morgan fingerprint density at radius 1 is 1.33 bits per heavy atom. The lowest BCUT2D eigenvalue weighted by Gasteiger charge is -2.12. The second-order valence-corrected chi connectivity index (χ2v) is 6.42. The molecule has 0 spiro atoms. The normalized spacial score (nSPS) is 12.8. The van der Waals surface area contributed by atoms with Crippen molar-refractivity contribution < 1.29 is 8.60 Å². The minimum atomic E-state index is -1.35. The predicted octanol–water partition coefficient (Wildman–Crippen LogP) is 3.27. The van der Waals surface area contributed by atoms with Crippen LogP contribution in [-0.2, 0) is 16.6 Å². The molecule has 2 N–H and O–H groups in total. The summed E-state index contributed by atoms with van der Waals surface area (Å²) >= 11 is 0. The Morgan fingerprint density at radius 3 is 2.67 bits per heavy atom. The van der Waals surface area contributed by atoms with Crippen molar-refractivity contribution in [1.82, 2.24) is 9.78 Å². The summed E-state index contributed by atoms with van der Waals surface area (Å²) in [6.45, 7) is 4.23. The highest BCUT2D eigenvalue weighted by Crippen LogP contribution is 2.18. The van der Waals surface area contributed by atoms with Crippen molar-refractivity contribution in [1.29, 1.82) is 0 Å². The van der Waals surface area contributed by atoms with E-state index in [9.17, 15) is 8.60 Å². The maximum absolute atomic E-state index is 13.3. The molecule has 2 rings (SSSR count). The molecule has 114 valence electrons. The summed E-state index contributed by atoms with van der Waals surface area (Å²) in [6.07, 6.45) is 3.91. The summed E-state index contributed by atoms with van der Waals surface area (Å²) in [4.78, 5) is 0.393. The van der Waals surface area contributed by atoms with Gasteiger partial charge < -0.3 is 5.73 Å². The molecule has 6 heteroatoms. The first kappa shape index (κ1) is 15.7. The van der Waals surface area contributed by atoms with Gasteiger partial charge in [-0.15, -0.1) is 0 Å². The van der Waals surface area contributed by atoms with Crippen molar-refractivity contribution in [2.75, 3.05) is 5.73 Å². The van der Waals surface area contributed by atoms with Gasteiger partial charge in [-0.05, 0) is 37.1 Å². The third-order valence-electron chi connectivity index (χ3n) is 3.42. The lowest BCUT2D eigenvalue weighted by molar-refractivity contribution is 0.426. The van der Waals surface area contributed by atoms with Gasteiger partial charge in [0.1, 0.15) is 5.82 Å². The number of nitrogens with two attached hydrogens (primary N) is 1. The fourth-order valence-electron chi connectivity index (χ4n) is 2.25. The molecule has 21 heavy (non-hydrogen) atoms. The maximum Gasteiger partial charge on any atom is 0.126 e. The Morgan fingerprint density at radius 2 is 2.05 bits per heavy atom. The zero-order valence-electron chi connectivity index (χ0n) is 12.3. The van der Waals surface area contributed by atoms with Gasteiger partial charge in [-0.2, -0.15) is 5.10 Å². The number of hydrogen-bond acceptors (Lipinski definition) is 3. The molecular weight excluding hydrogens is 289 g/mol. The van der Waals surface area contributed by atoms with Crippen molar-refractivity contribution in [2.24, 2.45) is 0 Å². The summed E-state index contributed by atoms with van der Waals surface area (Å²) < 4.78 is 27.5. The van der Waals surface area contributed by atoms with Crippen LogP contribution >= 0.6 is 0 Å². The van der Waals surface area contributed by atoms with E-state index in [1.54, 1.807) is 0 Å². The smallest absolute Gasteiger partial charge is 0.126 e. The van der Waals surface area contributed by atoms with Gasteiger partial charge in [-0.25, -0.2) is 4.39 Å². The summed E-state index contributed by atoms with van der Waals surface area (Å²) in [5, 5.41) is 4.46. The molecule has 4 nitrogen and oxygen atoms in total. The molecule has 1 aromatic heterocycles. The summed E-state index contributed by atoms with van der Waals surface area (Å²) in [5.74, 6) is -0.211. The molecule has 0 saturated heterocycles. The van der Waals surface area contributed by atoms with E-state index in [1.165, 1.54) is 18.2 Å². The number of anilines is 1. The Bertz CT molecular complexity index is 617. The molecule has 1 unspecified atom stereocenters. The van der Waals surface area contributed by atoms with Crippen LogP contribution in [0.15, 0.2) is 35.4 Å². The van der Waals surface area contributed by atoms with Crippen LogP contribution in [0, 0.1) is 5.82 Å². The van der Waals surface area contributed by atoms with Crippen LogP contribution in [0.5, 0.6) is 0 Å².